The average Bonchev–Trinajstić information content (AvgIpc) is 2.63. The Morgan fingerprint density at radius 2 is 1.89 bits per heavy atom. The summed E-state index contributed by atoms with van der Waals surface area (Å²) in [7, 11) is 0. The molecule has 9 heavy (non-hydrogen) atoms. The Hall–Kier alpha value is -1.58. The summed E-state index contributed by atoms with van der Waals surface area (Å²) in [6, 6.07) is 0. The highest BCUT2D eigenvalue weighted by Gasteiger charge is 2.05. The molecule has 0 heteroatoms. The fraction of sp³-hybridized carbons (Fsp3) is 0. The van der Waals surface area contributed by atoms with Crippen molar-refractivity contribution in [2.45, 2.75) is 0 Å². The minimum atomic E-state index is 1.04. The molecule has 1 aliphatic rings. The highest BCUT2D eigenvalue weighted by atomic mass is 14.1. The minimum absolute atomic E-state index is 1.04. The molecule has 0 N–H and O–H groups in total. The number of hydrogen-bond acceptors (Lipinski definition) is 0. The second-order valence-corrected chi connectivity index (χ2v) is 1.43. The molecule has 1 aliphatic carbocycles. The molecule has 0 nitrogen and oxygen atoms in total. The van der Waals surface area contributed by atoms with Crippen molar-refractivity contribution in [3.63, 3.8) is 0 Å². The Kier molecular flexibility index (Phi) is 1.64. The number of rotatable bonds is 0. The Bertz CT molecular complexity index is 272. The largest absolute Gasteiger partial charge is 0.106 e. The van der Waals surface area contributed by atoms with Gasteiger partial charge in [0, 0.05) is 0 Å². The quantitative estimate of drug-likeness (QED) is 0.405. The molecule has 0 bridgehead atoms. The van der Waals surface area contributed by atoms with Gasteiger partial charge in [-0.1, -0.05) is 18.1 Å². The normalized spacial score (nSPS) is 11.9. The van der Waals surface area contributed by atoms with Crippen LogP contribution in [0.2, 0.25) is 0 Å². The molecule has 0 aromatic heterocycles. The van der Waals surface area contributed by atoms with Crippen LogP contribution in [0.15, 0.2) is 12.2 Å². The summed E-state index contributed by atoms with van der Waals surface area (Å²) in [6.45, 7) is 0. The van der Waals surface area contributed by atoms with Gasteiger partial charge in [-0.2, -0.15) is 0 Å². The third-order valence-electron chi connectivity index (χ3n) is 0.737. The lowest BCUT2D eigenvalue weighted by Crippen LogP contribution is -1.59. The van der Waals surface area contributed by atoms with Crippen molar-refractivity contribution in [1.82, 2.24) is 0 Å². The summed E-state index contributed by atoms with van der Waals surface area (Å²) in [4.78, 5) is 0. The molecular formula is C9H3. The zero-order chi connectivity index (χ0) is 6.53. The number of allylic oxidation sites excluding steroid dienone is 2. The van der Waals surface area contributed by atoms with Crippen molar-refractivity contribution in [3.8, 4) is 36.0 Å². The molecule has 1 rings (SSSR count). The van der Waals surface area contributed by atoms with Crippen LogP contribution < -0.4 is 0 Å². The van der Waals surface area contributed by atoms with Crippen LogP contribution in [0, 0.1) is 41.9 Å². The molecule has 0 spiro atoms. The van der Waals surface area contributed by atoms with E-state index in [9.17, 15) is 0 Å². The van der Waals surface area contributed by atoms with Crippen LogP contribution in [0.5, 0.6) is 0 Å². The monoisotopic (exact) mass is 111 g/mol. The first-order valence-corrected chi connectivity index (χ1v) is 2.45. The molecule has 0 saturated carbocycles. The van der Waals surface area contributed by atoms with E-state index in [1.807, 2.05) is 12.2 Å². The molecule has 39 valence electrons. The highest BCUT2D eigenvalue weighted by molar-refractivity contribution is 5.54. The zero-order valence-corrected chi connectivity index (χ0v) is 4.73. The van der Waals surface area contributed by atoms with E-state index in [1.54, 1.807) is 0 Å². The first kappa shape index (κ1) is 5.55. The van der Waals surface area contributed by atoms with E-state index in [2.05, 4.69) is 29.6 Å². The molecule has 0 aromatic carbocycles. The SMILES string of the molecule is C#CC#CC#C[C]1C=C1. The second kappa shape index (κ2) is 2.66. The van der Waals surface area contributed by atoms with Gasteiger partial charge in [-0.15, -0.1) is 6.42 Å². The van der Waals surface area contributed by atoms with E-state index >= 15 is 0 Å². The molecule has 0 heterocycles. The maximum absolute atomic E-state index is 4.85. The summed E-state index contributed by atoms with van der Waals surface area (Å²) in [5.74, 6) is 13.5. The predicted octanol–water partition coefficient (Wildman–Crippen LogP) is 0.771. The molecular weight excluding hydrogens is 108 g/mol. The summed E-state index contributed by atoms with van der Waals surface area (Å²) < 4.78 is 0. The lowest BCUT2D eigenvalue weighted by Gasteiger charge is -1.64. The van der Waals surface area contributed by atoms with Crippen molar-refractivity contribution in [2.75, 3.05) is 0 Å². The van der Waals surface area contributed by atoms with Gasteiger partial charge < -0.3 is 0 Å². The number of terminal acetylenes is 1. The zero-order valence-electron chi connectivity index (χ0n) is 4.73. The van der Waals surface area contributed by atoms with Gasteiger partial charge in [0.1, 0.15) is 0 Å². The van der Waals surface area contributed by atoms with Crippen LogP contribution in [0.1, 0.15) is 0 Å². The van der Waals surface area contributed by atoms with E-state index in [-0.39, 0.29) is 0 Å². The van der Waals surface area contributed by atoms with E-state index in [0.717, 1.165) is 5.92 Å². The van der Waals surface area contributed by atoms with Gasteiger partial charge in [0.15, 0.2) is 0 Å². The van der Waals surface area contributed by atoms with Crippen LogP contribution >= 0.6 is 0 Å². The third-order valence-corrected chi connectivity index (χ3v) is 0.737. The molecule has 0 aliphatic heterocycles. The molecule has 0 saturated heterocycles. The first-order valence-electron chi connectivity index (χ1n) is 2.45. The number of hydrogen-bond donors (Lipinski definition) is 0. The first-order chi connectivity index (χ1) is 4.43. The molecule has 0 atom stereocenters. The molecule has 1 radical (unpaired) electrons. The molecule has 0 unspecified atom stereocenters. The highest BCUT2D eigenvalue weighted by Crippen LogP contribution is 2.15. The van der Waals surface area contributed by atoms with Gasteiger partial charge in [-0.3, -0.25) is 0 Å². The average molecular weight is 111 g/mol. The van der Waals surface area contributed by atoms with Crippen LogP contribution in [0.3, 0.4) is 0 Å². The van der Waals surface area contributed by atoms with Crippen LogP contribution in [-0.4, -0.2) is 0 Å². The Morgan fingerprint density at radius 3 is 2.44 bits per heavy atom. The lowest BCUT2D eigenvalue weighted by atomic mass is 10.4. The van der Waals surface area contributed by atoms with E-state index in [0.29, 0.717) is 0 Å². The summed E-state index contributed by atoms with van der Waals surface area (Å²) >= 11 is 0. The van der Waals surface area contributed by atoms with Gasteiger partial charge in [-0.05, 0) is 23.7 Å². The Labute approximate surface area is 55.0 Å². The van der Waals surface area contributed by atoms with Gasteiger partial charge >= 0.3 is 0 Å². The Morgan fingerprint density at radius 1 is 1.11 bits per heavy atom. The maximum Gasteiger partial charge on any atom is 0.0921 e. The topological polar surface area (TPSA) is 0 Å². The van der Waals surface area contributed by atoms with Gasteiger partial charge in [0.2, 0.25) is 0 Å². The smallest absolute Gasteiger partial charge is 0.0921 e. The third kappa shape index (κ3) is 2.28. The molecule has 0 aromatic rings. The van der Waals surface area contributed by atoms with Gasteiger partial charge in [0.05, 0.1) is 5.92 Å². The van der Waals surface area contributed by atoms with Crippen LogP contribution in [-0.2, 0) is 0 Å². The van der Waals surface area contributed by atoms with Crippen molar-refractivity contribution in [1.29, 1.82) is 0 Å². The standard InChI is InChI=1S/C9H3/c1-2-3-4-5-6-9-7-8-9/h1,7-8H. The van der Waals surface area contributed by atoms with Gasteiger partial charge in [-0.25, -0.2) is 0 Å². The molecule has 0 amide bonds. The maximum atomic E-state index is 4.85. The summed E-state index contributed by atoms with van der Waals surface area (Å²) in [6.07, 6.45) is 8.69. The van der Waals surface area contributed by atoms with Crippen LogP contribution in [0.25, 0.3) is 0 Å². The Balaban J connectivity index is 2.35. The van der Waals surface area contributed by atoms with E-state index in [4.69, 9.17) is 6.42 Å². The van der Waals surface area contributed by atoms with Crippen molar-refractivity contribution in [2.24, 2.45) is 0 Å². The van der Waals surface area contributed by atoms with Gasteiger partial charge in [0.25, 0.3) is 0 Å². The second-order valence-electron chi connectivity index (χ2n) is 1.43. The minimum Gasteiger partial charge on any atom is -0.106 e. The van der Waals surface area contributed by atoms with Crippen molar-refractivity contribution >= 4 is 0 Å². The predicted molar refractivity (Wildman–Crippen MR) is 36.8 cm³/mol. The summed E-state index contributed by atoms with van der Waals surface area (Å²) in [5.41, 5.74) is 0. The lowest BCUT2D eigenvalue weighted by molar-refractivity contribution is 1.85. The van der Waals surface area contributed by atoms with E-state index in [1.165, 1.54) is 0 Å². The van der Waals surface area contributed by atoms with Crippen LogP contribution in [0.4, 0.5) is 0 Å². The van der Waals surface area contributed by atoms with E-state index < -0.39 is 0 Å². The summed E-state index contributed by atoms with van der Waals surface area (Å²) in [5, 5.41) is 0. The molecule has 0 fully saturated rings. The van der Waals surface area contributed by atoms with Crippen molar-refractivity contribution < 1.29 is 0 Å². The van der Waals surface area contributed by atoms with Crippen molar-refractivity contribution in [3.05, 3.63) is 18.1 Å². The fourth-order valence-electron chi connectivity index (χ4n) is 0.296. The fourth-order valence-corrected chi connectivity index (χ4v) is 0.296.